The summed E-state index contributed by atoms with van der Waals surface area (Å²) in [4.78, 5) is 0. The van der Waals surface area contributed by atoms with Gasteiger partial charge < -0.3 is 10.8 Å². The molecule has 0 aliphatic heterocycles. The molecule has 0 spiro atoms. The van der Waals surface area contributed by atoms with Gasteiger partial charge in [-0.3, -0.25) is 0 Å². The van der Waals surface area contributed by atoms with Crippen molar-refractivity contribution in [3.8, 4) is 0 Å². The molecule has 0 atom stereocenters. The van der Waals surface area contributed by atoms with Gasteiger partial charge in [0.15, 0.2) is 0 Å². The Kier molecular flexibility index (Phi) is 2.47. The molecular formula is C8H7BBrNO. The van der Waals surface area contributed by atoms with Crippen molar-refractivity contribution in [1.82, 2.24) is 0 Å². The summed E-state index contributed by atoms with van der Waals surface area (Å²) in [6, 6.07) is 3.24. The van der Waals surface area contributed by atoms with Crippen molar-refractivity contribution in [1.29, 1.82) is 0 Å². The Morgan fingerprint density at radius 2 is 2.17 bits per heavy atom. The van der Waals surface area contributed by atoms with E-state index in [0.717, 1.165) is 0 Å². The molecule has 0 amide bonds. The summed E-state index contributed by atoms with van der Waals surface area (Å²) < 4.78 is 0.660. The van der Waals surface area contributed by atoms with Crippen LogP contribution in [0.1, 0.15) is 5.56 Å². The molecule has 0 bridgehead atoms. The molecule has 4 heteroatoms. The Labute approximate surface area is 80.6 Å². The van der Waals surface area contributed by atoms with Gasteiger partial charge in [0, 0.05) is 10.0 Å². The number of rotatable bonds is 1. The summed E-state index contributed by atoms with van der Waals surface area (Å²) >= 11 is 3.21. The van der Waals surface area contributed by atoms with Gasteiger partial charge in [-0.15, -0.1) is 0 Å². The van der Waals surface area contributed by atoms with E-state index < -0.39 is 0 Å². The van der Waals surface area contributed by atoms with E-state index in [1.807, 2.05) is 0 Å². The van der Waals surface area contributed by atoms with Crippen molar-refractivity contribution < 1.29 is 5.11 Å². The first kappa shape index (κ1) is 9.19. The highest BCUT2D eigenvalue weighted by atomic mass is 79.9. The number of anilines is 1. The Morgan fingerprint density at radius 3 is 2.67 bits per heavy atom. The maximum absolute atomic E-state index is 9.10. The van der Waals surface area contributed by atoms with E-state index in [4.69, 9.17) is 18.7 Å². The molecule has 0 aliphatic carbocycles. The van der Waals surface area contributed by atoms with Crippen LogP contribution in [0.15, 0.2) is 23.2 Å². The highest BCUT2D eigenvalue weighted by molar-refractivity contribution is 9.10. The molecular weight excluding hydrogens is 217 g/mol. The molecule has 0 saturated heterocycles. The van der Waals surface area contributed by atoms with Crippen LogP contribution in [-0.2, 0) is 0 Å². The lowest BCUT2D eigenvalue weighted by molar-refractivity contribution is 0.514. The summed E-state index contributed by atoms with van der Waals surface area (Å²) in [6.45, 7) is 3.37. The van der Waals surface area contributed by atoms with E-state index in [1.165, 1.54) is 0 Å². The molecule has 3 N–H and O–H groups in total. The smallest absolute Gasteiger partial charge is 0.117 e. The van der Waals surface area contributed by atoms with Crippen LogP contribution in [0.4, 0.5) is 5.69 Å². The number of aliphatic hydroxyl groups is 1. The fraction of sp³-hybridized carbons (Fsp3) is 0. The van der Waals surface area contributed by atoms with Crippen molar-refractivity contribution in [2.24, 2.45) is 0 Å². The average Bonchev–Trinajstić information content (AvgIpc) is 1.96. The predicted molar refractivity (Wildman–Crippen MR) is 55.6 cm³/mol. The predicted octanol–water partition coefficient (Wildman–Crippen LogP) is 1.35. The molecule has 0 aromatic heterocycles. The largest absolute Gasteiger partial charge is 0.508 e. The standard InChI is InChI=1S/C8H7BBrNO/c1-4(12)6-2-5(9)3-7(10)8(6)11/h2-3,12H,1,11H2. The number of hydrogen-bond acceptors (Lipinski definition) is 2. The van der Waals surface area contributed by atoms with E-state index in [0.29, 0.717) is 21.2 Å². The summed E-state index contributed by atoms with van der Waals surface area (Å²) in [5, 5.41) is 9.10. The number of halogens is 1. The van der Waals surface area contributed by atoms with Crippen LogP contribution in [0.25, 0.3) is 5.76 Å². The normalized spacial score (nSPS) is 9.75. The molecule has 12 heavy (non-hydrogen) atoms. The first-order valence-electron chi connectivity index (χ1n) is 3.25. The highest BCUT2D eigenvalue weighted by Crippen LogP contribution is 2.25. The molecule has 1 rings (SSSR count). The summed E-state index contributed by atoms with van der Waals surface area (Å²) in [5.74, 6) is -0.0829. The van der Waals surface area contributed by atoms with Crippen molar-refractivity contribution in [2.75, 3.05) is 5.73 Å². The van der Waals surface area contributed by atoms with E-state index in [9.17, 15) is 0 Å². The quantitative estimate of drug-likeness (QED) is 0.429. The zero-order chi connectivity index (χ0) is 9.30. The SMILES string of the molecule is [B]c1cc(Br)c(N)c(C(=C)O)c1. The van der Waals surface area contributed by atoms with Gasteiger partial charge in [-0.25, -0.2) is 0 Å². The minimum absolute atomic E-state index is 0.0829. The van der Waals surface area contributed by atoms with E-state index in [-0.39, 0.29) is 5.76 Å². The van der Waals surface area contributed by atoms with Gasteiger partial charge >= 0.3 is 0 Å². The molecule has 0 heterocycles. The first-order valence-corrected chi connectivity index (χ1v) is 4.04. The molecule has 0 fully saturated rings. The molecule has 2 radical (unpaired) electrons. The lowest BCUT2D eigenvalue weighted by Crippen LogP contribution is -2.06. The zero-order valence-electron chi connectivity index (χ0n) is 6.34. The lowest BCUT2D eigenvalue weighted by atomic mass is 9.93. The fourth-order valence-electron chi connectivity index (χ4n) is 0.878. The van der Waals surface area contributed by atoms with Crippen LogP contribution < -0.4 is 11.2 Å². The Bertz CT molecular complexity index is 338. The van der Waals surface area contributed by atoms with Crippen LogP contribution in [0, 0.1) is 0 Å². The summed E-state index contributed by atoms with van der Waals surface area (Å²) in [5.41, 5.74) is 7.06. The van der Waals surface area contributed by atoms with Gasteiger partial charge in [0.2, 0.25) is 0 Å². The van der Waals surface area contributed by atoms with Crippen LogP contribution in [0.3, 0.4) is 0 Å². The number of benzene rings is 1. The van der Waals surface area contributed by atoms with Gasteiger partial charge in [-0.05, 0) is 15.9 Å². The number of hydrogen-bond donors (Lipinski definition) is 2. The van der Waals surface area contributed by atoms with E-state index >= 15 is 0 Å². The fourth-order valence-corrected chi connectivity index (χ4v) is 1.36. The molecule has 0 unspecified atom stereocenters. The summed E-state index contributed by atoms with van der Waals surface area (Å²) in [7, 11) is 5.53. The molecule has 1 aromatic carbocycles. The Morgan fingerprint density at radius 1 is 1.58 bits per heavy atom. The molecule has 60 valence electrons. The lowest BCUT2D eigenvalue weighted by Gasteiger charge is -2.07. The zero-order valence-corrected chi connectivity index (χ0v) is 7.93. The Balaban J connectivity index is 3.37. The molecule has 2 nitrogen and oxygen atoms in total. The minimum atomic E-state index is -0.0829. The maximum atomic E-state index is 9.10. The summed E-state index contributed by atoms with van der Waals surface area (Å²) in [6.07, 6.45) is 0. The van der Waals surface area contributed by atoms with Crippen molar-refractivity contribution in [3.05, 3.63) is 28.7 Å². The minimum Gasteiger partial charge on any atom is -0.508 e. The van der Waals surface area contributed by atoms with Crippen LogP contribution in [0.5, 0.6) is 0 Å². The van der Waals surface area contributed by atoms with Crippen molar-refractivity contribution >= 4 is 40.7 Å². The third-order valence-electron chi connectivity index (χ3n) is 1.46. The number of aliphatic hydroxyl groups excluding tert-OH is 1. The number of nitrogen functional groups attached to an aromatic ring is 1. The van der Waals surface area contributed by atoms with Crippen LogP contribution in [-0.4, -0.2) is 13.0 Å². The van der Waals surface area contributed by atoms with Gasteiger partial charge in [-0.2, -0.15) is 0 Å². The third-order valence-corrected chi connectivity index (χ3v) is 2.12. The topological polar surface area (TPSA) is 46.2 Å². The Hall–Kier alpha value is -0.895. The van der Waals surface area contributed by atoms with Crippen LogP contribution in [0.2, 0.25) is 0 Å². The van der Waals surface area contributed by atoms with Gasteiger partial charge in [0.05, 0.1) is 5.69 Å². The monoisotopic (exact) mass is 223 g/mol. The second-order valence-electron chi connectivity index (χ2n) is 2.41. The molecule has 0 aliphatic rings. The van der Waals surface area contributed by atoms with Crippen molar-refractivity contribution in [3.63, 3.8) is 0 Å². The van der Waals surface area contributed by atoms with Crippen LogP contribution >= 0.6 is 15.9 Å². The van der Waals surface area contributed by atoms with Crippen molar-refractivity contribution in [2.45, 2.75) is 0 Å². The third kappa shape index (κ3) is 1.64. The molecule has 1 aromatic rings. The van der Waals surface area contributed by atoms with E-state index in [1.54, 1.807) is 12.1 Å². The highest BCUT2D eigenvalue weighted by Gasteiger charge is 2.05. The average molecular weight is 224 g/mol. The second-order valence-corrected chi connectivity index (χ2v) is 3.26. The van der Waals surface area contributed by atoms with Gasteiger partial charge in [-0.1, -0.05) is 24.2 Å². The second kappa shape index (κ2) is 3.23. The number of nitrogens with two attached hydrogens (primary N) is 1. The van der Waals surface area contributed by atoms with Gasteiger partial charge in [0.25, 0.3) is 0 Å². The van der Waals surface area contributed by atoms with Gasteiger partial charge in [0.1, 0.15) is 13.6 Å². The molecule has 0 saturated carbocycles. The first-order chi connectivity index (χ1) is 5.52. The van der Waals surface area contributed by atoms with E-state index in [2.05, 4.69) is 22.5 Å². The maximum Gasteiger partial charge on any atom is 0.117 e.